The van der Waals surface area contributed by atoms with Crippen molar-refractivity contribution in [3.8, 4) is 0 Å². The van der Waals surface area contributed by atoms with Crippen LogP contribution in [0.1, 0.15) is 35.7 Å². The Morgan fingerprint density at radius 2 is 2.00 bits per heavy atom. The van der Waals surface area contributed by atoms with Crippen molar-refractivity contribution < 1.29 is 27.1 Å². The van der Waals surface area contributed by atoms with E-state index in [-0.39, 0.29) is 11.3 Å². The third-order valence-electron chi connectivity index (χ3n) is 1.76. The van der Waals surface area contributed by atoms with Gasteiger partial charge >= 0.3 is 12.1 Å². The van der Waals surface area contributed by atoms with E-state index in [1.807, 2.05) is 0 Å². The molecular weight excluding hydrogens is 225 g/mol. The van der Waals surface area contributed by atoms with E-state index in [2.05, 4.69) is 4.42 Å². The lowest BCUT2D eigenvalue weighted by molar-refractivity contribution is -0.153. The molecule has 3 nitrogen and oxygen atoms in total. The van der Waals surface area contributed by atoms with Crippen molar-refractivity contribution in [3.63, 3.8) is 0 Å². The fourth-order valence-electron chi connectivity index (χ4n) is 1.10. The van der Waals surface area contributed by atoms with Gasteiger partial charge in [0.05, 0.1) is 6.10 Å². The van der Waals surface area contributed by atoms with E-state index in [9.17, 15) is 18.0 Å². The Kier molecular flexibility index (Phi) is 3.30. The number of carbonyl (C=O) groups is 1. The highest BCUT2D eigenvalue weighted by atomic mass is 19.4. The molecule has 0 aliphatic heterocycles. The van der Waals surface area contributed by atoms with E-state index in [0.29, 0.717) is 6.07 Å². The van der Waals surface area contributed by atoms with Gasteiger partial charge in [-0.15, -0.1) is 0 Å². The number of hydrogen-bond acceptors (Lipinski definition) is 3. The first kappa shape index (κ1) is 12.6. The maximum Gasteiger partial charge on any atom is 0.449 e. The van der Waals surface area contributed by atoms with Gasteiger partial charge in [0, 0.05) is 6.07 Å². The fraction of sp³-hybridized carbons (Fsp3) is 0.500. The van der Waals surface area contributed by atoms with Gasteiger partial charge in [-0.3, -0.25) is 0 Å². The van der Waals surface area contributed by atoms with Crippen molar-refractivity contribution in [2.45, 2.75) is 33.1 Å². The van der Waals surface area contributed by atoms with Crippen LogP contribution in [0.4, 0.5) is 13.2 Å². The number of ether oxygens (including phenoxy) is 1. The molecule has 1 heterocycles. The molecule has 1 aromatic heterocycles. The van der Waals surface area contributed by atoms with Crippen LogP contribution in [0.15, 0.2) is 10.5 Å². The van der Waals surface area contributed by atoms with Crippen LogP contribution in [-0.2, 0) is 10.9 Å². The maximum absolute atomic E-state index is 12.3. The zero-order valence-corrected chi connectivity index (χ0v) is 9.01. The number of furan rings is 1. The predicted octanol–water partition coefficient (Wildman–Crippen LogP) is 3.17. The van der Waals surface area contributed by atoms with Gasteiger partial charge in [-0.2, -0.15) is 13.2 Å². The molecule has 1 aromatic rings. The van der Waals surface area contributed by atoms with Gasteiger partial charge in [-0.1, -0.05) is 0 Å². The molecule has 0 N–H and O–H groups in total. The van der Waals surface area contributed by atoms with Crippen LogP contribution in [-0.4, -0.2) is 12.1 Å². The lowest BCUT2D eigenvalue weighted by atomic mass is 10.2. The molecule has 0 saturated carbocycles. The summed E-state index contributed by atoms with van der Waals surface area (Å²) in [5.74, 6) is -2.11. The van der Waals surface area contributed by atoms with Crippen molar-refractivity contribution in [1.29, 1.82) is 0 Å². The molecule has 1 rings (SSSR count). The van der Waals surface area contributed by atoms with E-state index < -0.39 is 24.0 Å². The summed E-state index contributed by atoms with van der Waals surface area (Å²) in [6.07, 6.45) is -4.99. The fourth-order valence-corrected chi connectivity index (χ4v) is 1.10. The molecule has 0 unspecified atom stereocenters. The predicted molar refractivity (Wildman–Crippen MR) is 49.0 cm³/mol. The third-order valence-corrected chi connectivity index (χ3v) is 1.76. The van der Waals surface area contributed by atoms with Crippen LogP contribution in [0, 0.1) is 6.92 Å². The Hall–Kier alpha value is -1.46. The number of esters is 1. The molecule has 0 aliphatic rings. The normalized spacial score (nSPS) is 11.9. The number of hydrogen-bond donors (Lipinski definition) is 0. The van der Waals surface area contributed by atoms with Crippen LogP contribution in [0.2, 0.25) is 0 Å². The molecule has 0 bridgehead atoms. The molecule has 0 aromatic carbocycles. The van der Waals surface area contributed by atoms with E-state index >= 15 is 0 Å². The first-order chi connectivity index (χ1) is 7.21. The summed E-state index contributed by atoms with van der Waals surface area (Å²) in [4.78, 5) is 11.4. The highest BCUT2D eigenvalue weighted by Crippen LogP contribution is 2.32. The molecule has 16 heavy (non-hydrogen) atoms. The molecule has 6 heteroatoms. The number of alkyl halides is 3. The van der Waals surface area contributed by atoms with Gasteiger partial charge in [-0.05, 0) is 20.8 Å². The van der Waals surface area contributed by atoms with Crippen molar-refractivity contribution in [2.24, 2.45) is 0 Å². The van der Waals surface area contributed by atoms with E-state index in [4.69, 9.17) is 4.74 Å². The van der Waals surface area contributed by atoms with Crippen molar-refractivity contribution >= 4 is 5.97 Å². The highest BCUT2D eigenvalue weighted by molar-refractivity contribution is 5.90. The summed E-state index contributed by atoms with van der Waals surface area (Å²) in [5, 5.41) is 0. The molecule has 0 fully saturated rings. The van der Waals surface area contributed by atoms with Crippen LogP contribution in [0.25, 0.3) is 0 Å². The molecule has 0 amide bonds. The molecule has 0 radical (unpaired) electrons. The summed E-state index contributed by atoms with van der Waals surface area (Å²) in [7, 11) is 0. The largest absolute Gasteiger partial charge is 0.459 e. The quantitative estimate of drug-likeness (QED) is 0.740. The zero-order chi connectivity index (χ0) is 12.5. The molecule has 0 spiro atoms. The second-order valence-electron chi connectivity index (χ2n) is 3.53. The second-order valence-corrected chi connectivity index (χ2v) is 3.53. The van der Waals surface area contributed by atoms with Gasteiger partial charge in [0.2, 0.25) is 5.76 Å². The molecular formula is C10H11F3O3. The lowest BCUT2D eigenvalue weighted by Gasteiger charge is -2.05. The maximum atomic E-state index is 12.3. The standard InChI is InChI=1S/C10H11F3O3/c1-5(2)15-9(14)7-4-8(10(11,12)13)16-6(7)3/h4-5H,1-3H3. The SMILES string of the molecule is Cc1oc(C(F)(F)F)cc1C(=O)OC(C)C. The van der Waals surface area contributed by atoms with Crippen LogP contribution >= 0.6 is 0 Å². The minimum absolute atomic E-state index is 0.0991. The van der Waals surface area contributed by atoms with E-state index in [1.165, 1.54) is 6.92 Å². The summed E-state index contributed by atoms with van der Waals surface area (Å²) >= 11 is 0. The van der Waals surface area contributed by atoms with Crippen LogP contribution < -0.4 is 0 Å². The minimum Gasteiger partial charge on any atom is -0.459 e. The Morgan fingerprint density at radius 3 is 2.38 bits per heavy atom. The Morgan fingerprint density at radius 1 is 1.44 bits per heavy atom. The molecule has 0 atom stereocenters. The van der Waals surface area contributed by atoms with Crippen LogP contribution in [0.5, 0.6) is 0 Å². The van der Waals surface area contributed by atoms with Crippen molar-refractivity contribution in [3.05, 3.63) is 23.2 Å². The second kappa shape index (κ2) is 4.19. The minimum atomic E-state index is -4.60. The molecule has 90 valence electrons. The summed E-state index contributed by atoms with van der Waals surface area (Å²) in [6.45, 7) is 4.50. The monoisotopic (exact) mass is 236 g/mol. The molecule has 0 saturated heterocycles. The van der Waals surface area contributed by atoms with Gasteiger partial charge in [-0.25, -0.2) is 4.79 Å². The van der Waals surface area contributed by atoms with Gasteiger partial charge < -0.3 is 9.15 Å². The average molecular weight is 236 g/mol. The third kappa shape index (κ3) is 2.77. The Balaban J connectivity index is 2.99. The van der Waals surface area contributed by atoms with Gasteiger partial charge in [0.1, 0.15) is 11.3 Å². The number of rotatable bonds is 2. The first-order valence-electron chi connectivity index (χ1n) is 4.60. The first-order valence-corrected chi connectivity index (χ1v) is 4.60. The number of halogens is 3. The number of carbonyl (C=O) groups excluding carboxylic acids is 1. The van der Waals surface area contributed by atoms with Crippen molar-refractivity contribution in [1.82, 2.24) is 0 Å². The van der Waals surface area contributed by atoms with Crippen LogP contribution in [0.3, 0.4) is 0 Å². The zero-order valence-electron chi connectivity index (χ0n) is 9.01. The highest BCUT2D eigenvalue weighted by Gasteiger charge is 2.36. The molecule has 0 aliphatic carbocycles. The Bertz CT molecular complexity index is 391. The van der Waals surface area contributed by atoms with Gasteiger partial charge in [0.25, 0.3) is 0 Å². The Labute approximate surface area is 90.2 Å². The number of aryl methyl sites for hydroxylation is 1. The summed E-state index contributed by atoms with van der Waals surface area (Å²) in [5.41, 5.74) is -0.193. The summed E-state index contributed by atoms with van der Waals surface area (Å²) in [6, 6.07) is 0.653. The van der Waals surface area contributed by atoms with E-state index in [0.717, 1.165) is 0 Å². The van der Waals surface area contributed by atoms with E-state index in [1.54, 1.807) is 13.8 Å². The average Bonchev–Trinajstić information content (AvgIpc) is 2.44. The summed E-state index contributed by atoms with van der Waals surface area (Å²) < 4.78 is 46.0. The van der Waals surface area contributed by atoms with Gasteiger partial charge in [0.15, 0.2) is 0 Å². The smallest absolute Gasteiger partial charge is 0.449 e. The topological polar surface area (TPSA) is 39.4 Å². The van der Waals surface area contributed by atoms with Crippen molar-refractivity contribution in [2.75, 3.05) is 0 Å². The lowest BCUT2D eigenvalue weighted by Crippen LogP contribution is -2.11.